The number of halogens is 1. The molecule has 7 heteroatoms. The highest BCUT2D eigenvalue weighted by Gasteiger charge is 2.31. The van der Waals surface area contributed by atoms with Crippen LogP contribution in [0.4, 0.5) is 4.79 Å². The first-order chi connectivity index (χ1) is 16.2. The summed E-state index contributed by atoms with van der Waals surface area (Å²) < 4.78 is 16.5. The van der Waals surface area contributed by atoms with E-state index in [0.717, 1.165) is 24.8 Å². The van der Waals surface area contributed by atoms with Gasteiger partial charge in [0.2, 0.25) is 0 Å². The molecule has 1 amide bonds. The molecule has 0 atom stereocenters. The second kappa shape index (κ2) is 13.9. The van der Waals surface area contributed by atoms with Crippen LogP contribution >= 0.6 is 11.6 Å². The fraction of sp³-hybridized carbons (Fsp3) is 0.481. The summed E-state index contributed by atoms with van der Waals surface area (Å²) in [6.45, 7) is 8.59. The number of nitrogens with zero attached hydrogens (tertiary/aromatic N) is 1. The Morgan fingerprint density at radius 3 is 2.12 bits per heavy atom. The lowest BCUT2D eigenvalue weighted by atomic mass is 10.1. The van der Waals surface area contributed by atoms with Crippen molar-refractivity contribution in [3.05, 3.63) is 59.1 Å². The highest BCUT2D eigenvalue weighted by Crippen LogP contribution is 2.22. The molecule has 6 nitrogen and oxygen atoms in total. The van der Waals surface area contributed by atoms with E-state index >= 15 is 0 Å². The maximum absolute atomic E-state index is 12.9. The summed E-state index contributed by atoms with van der Waals surface area (Å²) in [6, 6.07) is 14.1. The van der Waals surface area contributed by atoms with Crippen molar-refractivity contribution in [3.63, 3.8) is 0 Å². The molecule has 0 aliphatic rings. The van der Waals surface area contributed by atoms with Crippen molar-refractivity contribution >= 4 is 23.7 Å². The average molecular weight is 490 g/mol. The van der Waals surface area contributed by atoms with E-state index in [9.17, 15) is 9.59 Å². The number of carbonyl (C=O) groups is 2. The summed E-state index contributed by atoms with van der Waals surface area (Å²) in [5, 5.41) is 0.584. The Morgan fingerprint density at radius 1 is 0.882 bits per heavy atom. The maximum Gasteiger partial charge on any atom is 0.415 e. The molecule has 0 heterocycles. The van der Waals surface area contributed by atoms with Crippen LogP contribution < -0.4 is 9.47 Å². The van der Waals surface area contributed by atoms with E-state index in [0.29, 0.717) is 36.2 Å². The number of hydrogen-bond donors (Lipinski definition) is 0. The van der Waals surface area contributed by atoms with Crippen LogP contribution in [0.25, 0.3) is 0 Å². The zero-order valence-electron chi connectivity index (χ0n) is 20.6. The standard InChI is InChI=1S/C27H36ClNO5/c1-5-7-8-9-10-19-29(26(31)33-23-17-13-22(28)14-18-23)20-21-11-15-24(16-12-21)34-27(3,4)25(30)32-6-2/h11-18H,5-10,19-20H2,1-4H3. The van der Waals surface area contributed by atoms with Crippen molar-refractivity contribution in [3.8, 4) is 11.5 Å². The van der Waals surface area contributed by atoms with Gasteiger partial charge in [-0.25, -0.2) is 9.59 Å². The Morgan fingerprint density at radius 2 is 1.50 bits per heavy atom. The SMILES string of the molecule is CCCCCCCN(Cc1ccc(OC(C)(C)C(=O)OCC)cc1)C(=O)Oc1ccc(Cl)cc1. The topological polar surface area (TPSA) is 65.1 Å². The highest BCUT2D eigenvalue weighted by molar-refractivity contribution is 6.30. The van der Waals surface area contributed by atoms with Crippen LogP contribution in [0.3, 0.4) is 0 Å². The van der Waals surface area contributed by atoms with Gasteiger partial charge in [-0.3, -0.25) is 0 Å². The molecule has 2 aromatic rings. The number of esters is 1. The van der Waals surface area contributed by atoms with Crippen LogP contribution in [0.5, 0.6) is 11.5 Å². The summed E-state index contributed by atoms with van der Waals surface area (Å²) in [7, 11) is 0. The molecule has 0 N–H and O–H groups in total. The van der Waals surface area contributed by atoms with Gasteiger partial charge < -0.3 is 19.1 Å². The van der Waals surface area contributed by atoms with Crippen LogP contribution in [0.1, 0.15) is 65.4 Å². The molecule has 186 valence electrons. The molecular weight excluding hydrogens is 454 g/mol. The highest BCUT2D eigenvalue weighted by atomic mass is 35.5. The van der Waals surface area contributed by atoms with Gasteiger partial charge in [0.25, 0.3) is 0 Å². The van der Waals surface area contributed by atoms with E-state index in [1.165, 1.54) is 12.8 Å². The number of benzene rings is 2. The monoisotopic (exact) mass is 489 g/mol. The molecule has 0 aliphatic heterocycles. The minimum atomic E-state index is -1.09. The van der Waals surface area contributed by atoms with E-state index in [1.807, 2.05) is 12.1 Å². The first-order valence-corrected chi connectivity index (χ1v) is 12.3. The van der Waals surface area contributed by atoms with E-state index in [4.69, 9.17) is 25.8 Å². The van der Waals surface area contributed by atoms with Gasteiger partial charge in [0, 0.05) is 18.1 Å². The number of ether oxygens (including phenoxy) is 3. The molecule has 0 radical (unpaired) electrons. The fourth-order valence-corrected chi connectivity index (χ4v) is 3.46. The summed E-state index contributed by atoms with van der Waals surface area (Å²) >= 11 is 5.93. The lowest BCUT2D eigenvalue weighted by molar-refractivity contribution is -0.158. The maximum atomic E-state index is 12.9. The van der Waals surface area contributed by atoms with Gasteiger partial charge in [-0.2, -0.15) is 0 Å². The predicted molar refractivity (Wildman–Crippen MR) is 134 cm³/mol. The van der Waals surface area contributed by atoms with Gasteiger partial charge in [0.15, 0.2) is 5.60 Å². The first kappa shape index (κ1) is 27.5. The zero-order valence-corrected chi connectivity index (χ0v) is 21.4. The molecule has 2 aromatic carbocycles. The van der Waals surface area contributed by atoms with Crippen molar-refractivity contribution < 1.29 is 23.8 Å². The van der Waals surface area contributed by atoms with E-state index in [2.05, 4.69) is 6.92 Å². The lowest BCUT2D eigenvalue weighted by Crippen LogP contribution is -2.39. The first-order valence-electron chi connectivity index (χ1n) is 11.9. The Bertz CT molecular complexity index is 896. The quantitative estimate of drug-likeness (QED) is 0.223. The molecule has 34 heavy (non-hydrogen) atoms. The van der Waals surface area contributed by atoms with Gasteiger partial charge in [0.05, 0.1) is 6.61 Å². The van der Waals surface area contributed by atoms with Crippen LogP contribution in [-0.4, -0.2) is 35.7 Å². The van der Waals surface area contributed by atoms with Crippen LogP contribution in [0.2, 0.25) is 5.02 Å². The molecule has 0 fully saturated rings. The molecule has 0 aliphatic carbocycles. The number of amides is 1. The molecular formula is C27H36ClNO5. The van der Waals surface area contributed by atoms with E-state index in [-0.39, 0.29) is 0 Å². The third kappa shape index (κ3) is 9.26. The smallest absolute Gasteiger partial charge is 0.415 e. The minimum absolute atomic E-state index is 0.297. The predicted octanol–water partition coefficient (Wildman–Crippen LogP) is 7.03. The Kier molecular flexibility index (Phi) is 11.2. The molecule has 0 saturated heterocycles. The molecule has 0 bridgehead atoms. The number of carbonyl (C=O) groups excluding carboxylic acids is 2. The van der Waals surface area contributed by atoms with Gasteiger partial charge in [-0.1, -0.05) is 56.3 Å². The Labute approximate surface area is 208 Å². The zero-order chi connectivity index (χ0) is 25.0. The third-order valence-electron chi connectivity index (χ3n) is 5.25. The van der Waals surface area contributed by atoms with Gasteiger partial charge >= 0.3 is 12.1 Å². The molecule has 0 aromatic heterocycles. The van der Waals surface area contributed by atoms with Crippen LogP contribution in [0.15, 0.2) is 48.5 Å². The van der Waals surface area contributed by atoms with Crippen molar-refractivity contribution in [1.29, 1.82) is 0 Å². The van der Waals surface area contributed by atoms with Gasteiger partial charge in [-0.05, 0) is 69.2 Å². The van der Waals surface area contributed by atoms with Gasteiger partial charge in [0.1, 0.15) is 11.5 Å². The van der Waals surface area contributed by atoms with Crippen LogP contribution in [0, 0.1) is 0 Å². The van der Waals surface area contributed by atoms with Crippen LogP contribution in [-0.2, 0) is 16.1 Å². The molecule has 2 rings (SSSR count). The summed E-state index contributed by atoms with van der Waals surface area (Å²) in [5.41, 5.74) is -0.160. The fourth-order valence-electron chi connectivity index (χ4n) is 3.33. The summed E-state index contributed by atoms with van der Waals surface area (Å²) in [4.78, 5) is 26.7. The normalized spacial score (nSPS) is 11.1. The van der Waals surface area contributed by atoms with Crippen molar-refractivity contribution in [2.24, 2.45) is 0 Å². The Balaban J connectivity index is 2.04. The van der Waals surface area contributed by atoms with E-state index in [1.54, 1.807) is 62.1 Å². The van der Waals surface area contributed by atoms with E-state index < -0.39 is 17.7 Å². The largest absolute Gasteiger partial charge is 0.476 e. The summed E-state index contributed by atoms with van der Waals surface area (Å²) in [5.74, 6) is 0.588. The molecule has 0 spiro atoms. The molecule has 0 unspecified atom stereocenters. The third-order valence-corrected chi connectivity index (χ3v) is 5.50. The second-order valence-electron chi connectivity index (χ2n) is 8.63. The average Bonchev–Trinajstić information content (AvgIpc) is 2.80. The number of hydrogen-bond acceptors (Lipinski definition) is 5. The lowest BCUT2D eigenvalue weighted by Gasteiger charge is -2.25. The van der Waals surface area contributed by atoms with Gasteiger partial charge in [-0.15, -0.1) is 0 Å². The van der Waals surface area contributed by atoms with Crippen molar-refractivity contribution in [2.45, 2.75) is 71.9 Å². The number of unbranched alkanes of at least 4 members (excludes halogenated alkanes) is 4. The molecule has 0 saturated carbocycles. The van der Waals surface area contributed by atoms with Crippen molar-refractivity contribution in [1.82, 2.24) is 4.90 Å². The second-order valence-corrected chi connectivity index (χ2v) is 9.07. The minimum Gasteiger partial charge on any atom is -0.476 e. The Hall–Kier alpha value is -2.73. The summed E-state index contributed by atoms with van der Waals surface area (Å²) in [6.07, 6.45) is 5.09. The van der Waals surface area contributed by atoms with Crippen molar-refractivity contribution in [2.75, 3.05) is 13.2 Å². The number of rotatable bonds is 13.